The first-order chi connectivity index (χ1) is 10.8. The van der Waals surface area contributed by atoms with Gasteiger partial charge in [-0.1, -0.05) is 38.1 Å². The molecule has 0 saturated carbocycles. The Morgan fingerprint density at radius 3 is 2.77 bits per heavy atom. The molecule has 0 bridgehead atoms. The first-order valence-electron chi connectivity index (χ1n) is 8.45. The number of para-hydroxylation sites is 1. The van der Waals surface area contributed by atoms with Crippen molar-refractivity contribution in [3.63, 3.8) is 0 Å². The first-order valence-corrected chi connectivity index (χ1v) is 8.45. The van der Waals surface area contributed by atoms with Gasteiger partial charge in [0.2, 0.25) is 0 Å². The van der Waals surface area contributed by atoms with Gasteiger partial charge in [0.25, 0.3) is 0 Å². The molecule has 1 aliphatic rings. The number of aryl methyl sites for hydroxylation is 2. The smallest absolute Gasteiger partial charge is 0.109 e. The SMILES string of the molecule is CCN(CC)C(O)CCn1c2c(c3ccccc31)CCC=C2. The van der Waals surface area contributed by atoms with Crippen LogP contribution < -0.4 is 0 Å². The maximum absolute atomic E-state index is 10.4. The van der Waals surface area contributed by atoms with E-state index >= 15 is 0 Å². The van der Waals surface area contributed by atoms with Crippen molar-refractivity contribution in [1.29, 1.82) is 0 Å². The van der Waals surface area contributed by atoms with Gasteiger partial charge in [0.1, 0.15) is 6.23 Å². The lowest BCUT2D eigenvalue weighted by molar-refractivity contribution is 0.00178. The molecule has 3 heteroatoms. The van der Waals surface area contributed by atoms with Crippen LogP contribution in [0.3, 0.4) is 0 Å². The molecule has 1 N–H and O–H groups in total. The third-order valence-electron chi connectivity index (χ3n) is 4.80. The third kappa shape index (κ3) is 2.71. The fourth-order valence-corrected chi connectivity index (χ4v) is 3.58. The van der Waals surface area contributed by atoms with Gasteiger partial charge < -0.3 is 9.67 Å². The van der Waals surface area contributed by atoms with Gasteiger partial charge in [0.15, 0.2) is 0 Å². The van der Waals surface area contributed by atoms with E-state index in [0.29, 0.717) is 0 Å². The molecule has 118 valence electrons. The van der Waals surface area contributed by atoms with Crippen LogP contribution in [0.25, 0.3) is 17.0 Å². The zero-order valence-corrected chi connectivity index (χ0v) is 13.6. The summed E-state index contributed by atoms with van der Waals surface area (Å²) >= 11 is 0. The molecule has 1 heterocycles. The number of nitrogens with zero attached hydrogens (tertiary/aromatic N) is 2. The molecule has 1 unspecified atom stereocenters. The van der Waals surface area contributed by atoms with Gasteiger partial charge in [-0.2, -0.15) is 0 Å². The average Bonchev–Trinajstić information content (AvgIpc) is 2.88. The highest BCUT2D eigenvalue weighted by Crippen LogP contribution is 2.31. The van der Waals surface area contributed by atoms with Gasteiger partial charge in [0, 0.05) is 29.6 Å². The lowest BCUT2D eigenvalue weighted by Crippen LogP contribution is -2.35. The van der Waals surface area contributed by atoms with Crippen molar-refractivity contribution in [3.05, 3.63) is 41.6 Å². The fraction of sp³-hybridized carbons (Fsp3) is 0.474. The van der Waals surface area contributed by atoms with Crippen LogP contribution in [0.1, 0.15) is 37.9 Å². The Kier molecular flexibility index (Phi) is 4.65. The molecule has 0 saturated heterocycles. The zero-order valence-electron chi connectivity index (χ0n) is 13.6. The molecule has 0 amide bonds. The van der Waals surface area contributed by atoms with Crippen LogP contribution in [-0.2, 0) is 13.0 Å². The van der Waals surface area contributed by atoms with E-state index in [1.54, 1.807) is 0 Å². The lowest BCUT2D eigenvalue weighted by atomic mass is 10.0. The van der Waals surface area contributed by atoms with Gasteiger partial charge in [-0.05, 0) is 43.6 Å². The molecule has 1 aliphatic carbocycles. The Hall–Kier alpha value is -1.58. The van der Waals surface area contributed by atoms with Crippen molar-refractivity contribution in [2.75, 3.05) is 13.1 Å². The Morgan fingerprint density at radius 2 is 2.00 bits per heavy atom. The molecule has 22 heavy (non-hydrogen) atoms. The maximum atomic E-state index is 10.4. The second-order valence-electron chi connectivity index (χ2n) is 5.96. The summed E-state index contributed by atoms with van der Waals surface area (Å²) in [6.45, 7) is 6.84. The molecule has 1 aromatic heterocycles. The van der Waals surface area contributed by atoms with Gasteiger partial charge in [-0.15, -0.1) is 0 Å². The summed E-state index contributed by atoms with van der Waals surface area (Å²) in [6, 6.07) is 8.65. The second kappa shape index (κ2) is 6.67. The van der Waals surface area contributed by atoms with Crippen LogP contribution in [0.5, 0.6) is 0 Å². The van der Waals surface area contributed by atoms with Crippen LogP contribution in [0.4, 0.5) is 0 Å². The highest BCUT2D eigenvalue weighted by molar-refractivity contribution is 5.88. The summed E-state index contributed by atoms with van der Waals surface area (Å²) in [5, 5.41) is 11.8. The predicted octanol–water partition coefficient (Wildman–Crippen LogP) is 3.65. The molecular weight excluding hydrogens is 272 g/mol. The molecular formula is C19H26N2O. The summed E-state index contributed by atoms with van der Waals surface area (Å²) in [5.74, 6) is 0. The highest BCUT2D eigenvalue weighted by Gasteiger charge is 2.18. The largest absolute Gasteiger partial charge is 0.378 e. The number of aromatic nitrogens is 1. The quantitative estimate of drug-likeness (QED) is 0.825. The molecule has 3 rings (SSSR count). The van der Waals surface area contributed by atoms with Gasteiger partial charge >= 0.3 is 0 Å². The monoisotopic (exact) mass is 298 g/mol. The van der Waals surface area contributed by atoms with E-state index in [4.69, 9.17) is 0 Å². The lowest BCUT2D eigenvalue weighted by Gasteiger charge is -2.25. The molecule has 1 atom stereocenters. The third-order valence-corrected chi connectivity index (χ3v) is 4.80. The number of aliphatic hydroxyl groups excluding tert-OH is 1. The van der Waals surface area contributed by atoms with Gasteiger partial charge in [-0.25, -0.2) is 0 Å². The van der Waals surface area contributed by atoms with Crippen LogP contribution in [0.2, 0.25) is 0 Å². The molecule has 0 fully saturated rings. The Bertz CT molecular complexity index is 667. The molecule has 1 aromatic carbocycles. The van der Waals surface area contributed by atoms with E-state index in [1.165, 1.54) is 22.2 Å². The summed E-state index contributed by atoms with van der Waals surface area (Å²) in [4.78, 5) is 2.11. The van der Waals surface area contributed by atoms with E-state index in [2.05, 4.69) is 59.7 Å². The van der Waals surface area contributed by atoms with Crippen LogP contribution >= 0.6 is 0 Å². The molecule has 2 aromatic rings. The standard InChI is InChI=1S/C19H26N2O/c1-3-20(4-2)19(22)13-14-21-17-11-7-5-9-15(17)16-10-6-8-12-18(16)21/h5,7-9,11-12,19,22H,3-4,6,10,13-14H2,1-2H3. The number of hydrogen-bond acceptors (Lipinski definition) is 2. The first kappa shape index (κ1) is 15.3. The summed E-state index contributed by atoms with van der Waals surface area (Å²) < 4.78 is 2.38. The number of hydrogen-bond donors (Lipinski definition) is 1. The minimum Gasteiger partial charge on any atom is -0.378 e. The number of aliphatic hydroxyl groups is 1. The van der Waals surface area contributed by atoms with Gasteiger partial charge in [-0.3, -0.25) is 4.90 Å². The van der Waals surface area contributed by atoms with Crippen molar-refractivity contribution in [2.24, 2.45) is 0 Å². The van der Waals surface area contributed by atoms with Gasteiger partial charge in [0.05, 0.1) is 0 Å². The Balaban J connectivity index is 1.89. The Morgan fingerprint density at radius 1 is 1.23 bits per heavy atom. The molecule has 3 nitrogen and oxygen atoms in total. The zero-order chi connectivity index (χ0) is 15.5. The highest BCUT2D eigenvalue weighted by atomic mass is 16.3. The van der Waals surface area contributed by atoms with E-state index < -0.39 is 0 Å². The summed E-state index contributed by atoms with van der Waals surface area (Å²) in [7, 11) is 0. The van der Waals surface area contributed by atoms with Crippen molar-refractivity contribution < 1.29 is 5.11 Å². The van der Waals surface area contributed by atoms with E-state index in [-0.39, 0.29) is 6.23 Å². The fourth-order valence-electron chi connectivity index (χ4n) is 3.58. The van der Waals surface area contributed by atoms with Crippen molar-refractivity contribution in [1.82, 2.24) is 9.47 Å². The predicted molar refractivity (Wildman–Crippen MR) is 92.8 cm³/mol. The molecule has 0 aliphatic heterocycles. The topological polar surface area (TPSA) is 28.4 Å². The minimum atomic E-state index is -0.362. The van der Waals surface area contributed by atoms with Crippen LogP contribution in [0, 0.1) is 0 Å². The van der Waals surface area contributed by atoms with Crippen LogP contribution in [-0.4, -0.2) is 33.9 Å². The molecule has 0 radical (unpaired) electrons. The number of benzene rings is 1. The summed E-state index contributed by atoms with van der Waals surface area (Å²) in [6.07, 6.45) is 7.17. The van der Waals surface area contributed by atoms with Crippen molar-refractivity contribution in [2.45, 2.75) is 45.9 Å². The maximum Gasteiger partial charge on any atom is 0.109 e. The minimum absolute atomic E-state index is 0.362. The van der Waals surface area contributed by atoms with Crippen molar-refractivity contribution in [3.8, 4) is 0 Å². The normalized spacial score (nSPS) is 15.5. The average molecular weight is 298 g/mol. The Labute approximate surface area is 132 Å². The summed E-state index contributed by atoms with van der Waals surface area (Å²) in [5.41, 5.74) is 4.10. The van der Waals surface area contributed by atoms with E-state index in [9.17, 15) is 5.11 Å². The van der Waals surface area contributed by atoms with Crippen molar-refractivity contribution >= 4 is 17.0 Å². The van der Waals surface area contributed by atoms with E-state index in [0.717, 1.165) is 38.9 Å². The second-order valence-corrected chi connectivity index (χ2v) is 5.96. The number of allylic oxidation sites excluding steroid dienone is 1. The number of rotatable bonds is 6. The molecule has 0 spiro atoms. The van der Waals surface area contributed by atoms with E-state index in [1.807, 2.05) is 0 Å². The number of fused-ring (bicyclic) bond motifs is 3. The van der Waals surface area contributed by atoms with Crippen LogP contribution in [0.15, 0.2) is 30.3 Å².